The van der Waals surface area contributed by atoms with Crippen LogP contribution >= 0.6 is 0 Å². The molecule has 0 atom stereocenters. The lowest BCUT2D eigenvalue weighted by Gasteiger charge is -2.27. The fourth-order valence-corrected chi connectivity index (χ4v) is 0.953. The van der Waals surface area contributed by atoms with Gasteiger partial charge in [-0.15, -0.1) is 0 Å². The molecule has 0 aliphatic carbocycles. The molecule has 4 heteroatoms. The van der Waals surface area contributed by atoms with Crippen LogP contribution in [0.1, 0.15) is 6.92 Å². The number of ketones is 1. The van der Waals surface area contributed by atoms with Crippen molar-refractivity contribution in [1.82, 2.24) is 0 Å². The molecule has 0 unspecified atom stereocenters. The number of quaternary nitrogens is 1. The zero-order valence-corrected chi connectivity index (χ0v) is 8.06. The molecule has 0 spiro atoms. The molecule has 0 aliphatic heterocycles. The number of halogens is 1. The Kier molecular flexibility index (Phi) is 6.76. The number of Topliss-reactive ketones (excluding diaryl/α,β-unsaturated/α-hetero) is 1. The fraction of sp³-hybridized carbons (Fsp3) is 0.857. The van der Waals surface area contributed by atoms with E-state index in [1.54, 1.807) is 6.92 Å². The molecule has 3 nitrogen and oxygen atoms in total. The van der Waals surface area contributed by atoms with Crippen LogP contribution in [0.4, 0.5) is 0 Å². The van der Waals surface area contributed by atoms with Crippen molar-refractivity contribution in [3.63, 3.8) is 0 Å². The molecule has 0 rings (SSSR count). The fourth-order valence-electron chi connectivity index (χ4n) is 0.953. The van der Waals surface area contributed by atoms with Gasteiger partial charge in [-0.3, -0.25) is 4.79 Å². The minimum Gasteiger partial charge on any atom is -1.00 e. The van der Waals surface area contributed by atoms with Gasteiger partial charge in [-0.1, -0.05) is 0 Å². The molecule has 0 aromatic rings. The molecule has 0 amide bonds. The first-order valence-corrected chi connectivity index (χ1v) is 3.40. The van der Waals surface area contributed by atoms with E-state index in [1.807, 2.05) is 14.1 Å². The van der Waals surface area contributed by atoms with Crippen LogP contribution in [0.2, 0.25) is 0 Å². The molecule has 0 heterocycles. The first-order chi connectivity index (χ1) is 4.48. The predicted molar refractivity (Wildman–Crippen MR) is 39.6 cm³/mol. The van der Waals surface area contributed by atoms with E-state index in [0.29, 0.717) is 17.6 Å². The van der Waals surface area contributed by atoms with Crippen molar-refractivity contribution in [2.75, 3.05) is 33.8 Å². The van der Waals surface area contributed by atoms with E-state index >= 15 is 0 Å². The number of aliphatic hydroxyl groups is 1. The van der Waals surface area contributed by atoms with Gasteiger partial charge < -0.3 is 22.0 Å². The van der Waals surface area contributed by atoms with Crippen molar-refractivity contribution in [1.29, 1.82) is 0 Å². The summed E-state index contributed by atoms with van der Waals surface area (Å²) in [6.45, 7) is 2.85. The van der Waals surface area contributed by atoms with Crippen LogP contribution in [0, 0.1) is 0 Å². The summed E-state index contributed by atoms with van der Waals surface area (Å²) in [6, 6.07) is 0. The van der Waals surface area contributed by atoms with Crippen LogP contribution in [-0.2, 0) is 4.79 Å². The van der Waals surface area contributed by atoms with Crippen LogP contribution in [-0.4, -0.2) is 49.2 Å². The number of hydrogen-bond acceptors (Lipinski definition) is 2. The van der Waals surface area contributed by atoms with Crippen molar-refractivity contribution in [3.8, 4) is 0 Å². The summed E-state index contributed by atoms with van der Waals surface area (Å²) in [4.78, 5) is 10.6. The Morgan fingerprint density at radius 1 is 1.45 bits per heavy atom. The molecule has 68 valence electrons. The molecule has 1 N–H and O–H groups in total. The maximum absolute atomic E-state index is 10.6. The van der Waals surface area contributed by atoms with E-state index in [9.17, 15) is 4.79 Å². The molecule has 0 aromatic heterocycles. The Hall–Kier alpha value is -0.120. The summed E-state index contributed by atoms with van der Waals surface area (Å²) in [5.41, 5.74) is 0. The summed E-state index contributed by atoms with van der Waals surface area (Å²) < 4.78 is 0.575. The van der Waals surface area contributed by atoms with Crippen molar-refractivity contribution in [3.05, 3.63) is 0 Å². The van der Waals surface area contributed by atoms with Crippen molar-refractivity contribution in [2.45, 2.75) is 6.92 Å². The zero-order valence-electron chi connectivity index (χ0n) is 7.30. The molecule has 11 heavy (non-hydrogen) atoms. The quantitative estimate of drug-likeness (QED) is 0.461. The van der Waals surface area contributed by atoms with Gasteiger partial charge >= 0.3 is 0 Å². The summed E-state index contributed by atoms with van der Waals surface area (Å²) in [7, 11) is 3.86. The lowest BCUT2D eigenvalue weighted by atomic mass is 10.3. The van der Waals surface area contributed by atoms with Crippen LogP contribution in [0.15, 0.2) is 0 Å². The number of carbonyl (C=O) groups excluding carboxylic acids is 1. The topological polar surface area (TPSA) is 37.3 Å². The van der Waals surface area contributed by atoms with E-state index in [1.165, 1.54) is 0 Å². The minimum atomic E-state index is 0. The monoisotopic (exact) mass is 181 g/mol. The number of aliphatic hydroxyl groups excluding tert-OH is 1. The highest BCUT2D eigenvalue weighted by atomic mass is 35.5. The van der Waals surface area contributed by atoms with Gasteiger partial charge in [0.25, 0.3) is 0 Å². The number of likely N-dealkylation sites (N-methyl/N-ethyl adjacent to an activating group) is 1. The smallest absolute Gasteiger partial charge is 0.183 e. The van der Waals surface area contributed by atoms with E-state index < -0.39 is 0 Å². The molecule has 0 aromatic carbocycles. The third-order valence-electron chi connectivity index (χ3n) is 1.36. The average molecular weight is 182 g/mol. The molecule has 0 bridgehead atoms. The molecule has 0 fully saturated rings. The van der Waals surface area contributed by atoms with Crippen LogP contribution in [0.5, 0.6) is 0 Å². The molecular formula is C7H16ClNO2. The Morgan fingerprint density at radius 3 is 2.18 bits per heavy atom. The second-order valence-electron chi connectivity index (χ2n) is 3.24. The van der Waals surface area contributed by atoms with Gasteiger partial charge in [-0.05, 0) is 0 Å². The normalized spacial score (nSPS) is 10.5. The van der Waals surface area contributed by atoms with Crippen molar-refractivity contribution < 1.29 is 26.8 Å². The SMILES string of the molecule is CC(=O)C[N+](C)(C)CCO.[Cl-]. The van der Waals surface area contributed by atoms with E-state index in [-0.39, 0.29) is 24.8 Å². The second kappa shape index (κ2) is 5.52. The molecule has 0 saturated heterocycles. The Bertz CT molecular complexity index is 126. The average Bonchev–Trinajstić information content (AvgIpc) is 1.59. The Labute approximate surface area is 74.0 Å². The predicted octanol–water partition coefficient (Wildman–Crippen LogP) is -3.35. The van der Waals surface area contributed by atoms with E-state index in [4.69, 9.17) is 5.11 Å². The second-order valence-corrected chi connectivity index (χ2v) is 3.24. The third kappa shape index (κ3) is 7.78. The Morgan fingerprint density at radius 2 is 1.91 bits per heavy atom. The highest BCUT2D eigenvalue weighted by Gasteiger charge is 2.15. The largest absolute Gasteiger partial charge is 1.00 e. The van der Waals surface area contributed by atoms with E-state index in [2.05, 4.69) is 0 Å². The maximum Gasteiger partial charge on any atom is 0.183 e. The third-order valence-corrected chi connectivity index (χ3v) is 1.36. The van der Waals surface area contributed by atoms with Crippen LogP contribution < -0.4 is 12.4 Å². The first-order valence-electron chi connectivity index (χ1n) is 3.40. The zero-order chi connectivity index (χ0) is 8.20. The van der Waals surface area contributed by atoms with Gasteiger partial charge in [0.2, 0.25) is 0 Å². The number of rotatable bonds is 4. The summed E-state index contributed by atoms with van der Waals surface area (Å²) >= 11 is 0. The number of nitrogens with zero attached hydrogens (tertiary/aromatic N) is 1. The number of hydrogen-bond donors (Lipinski definition) is 1. The van der Waals surface area contributed by atoms with Gasteiger partial charge in [0, 0.05) is 6.92 Å². The van der Waals surface area contributed by atoms with Crippen LogP contribution in [0.3, 0.4) is 0 Å². The summed E-state index contributed by atoms with van der Waals surface area (Å²) in [5.74, 6) is 0.165. The highest BCUT2D eigenvalue weighted by molar-refractivity contribution is 5.76. The minimum absolute atomic E-state index is 0. The van der Waals surface area contributed by atoms with E-state index in [0.717, 1.165) is 0 Å². The summed E-state index contributed by atoms with van der Waals surface area (Å²) in [5, 5.41) is 8.59. The van der Waals surface area contributed by atoms with Crippen molar-refractivity contribution >= 4 is 5.78 Å². The lowest BCUT2D eigenvalue weighted by Crippen LogP contribution is -3.00. The first kappa shape index (κ1) is 13.5. The molecule has 0 aliphatic rings. The van der Waals surface area contributed by atoms with Gasteiger partial charge in [0.15, 0.2) is 5.78 Å². The molecule has 0 radical (unpaired) electrons. The maximum atomic E-state index is 10.6. The van der Waals surface area contributed by atoms with Gasteiger partial charge in [0.1, 0.15) is 13.1 Å². The highest BCUT2D eigenvalue weighted by Crippen LogP contribution is 1.94. The molecular weight excluding hydrogens is 166 g/mol. The van der Waals surface area contributed by atoms with Crippen LogP contribution in [0.25, 0.3) is 0 Å². The van der Waals surface area contributed by atoms with Gasteiger partial charge in [-0.25, -0.2) is 0 Å². The Balaban J connectivity index is 0. The number of carbonyl (C=O) groups is 1. The molecule has 0 saturated carbocycles. The van der Waals surface area contributed by atoms with Crippen molar-refractivity contribution in [2.24, 2.45) is 0 Å². The van der Waals surface area contributed by atoms with Gasteiger partial charge in [-0.2, -0.15) is 0 Å². The summed E-state index contributed by atoms with van der Waals surface area (Å²) in [6.07, 6.45) is 0. The lowest BCUT2D eigenvalue weighted by molar-refractivity contribution is -0.882. The standard InChI is InChI=1S/C7H16NO2.ClH/c1-7(10)6-8(2,3)4-5-9;/h9H,4-6H2,1-3H3;1H/q+1;/p-1. The van der Waals surface area contributed by atoms with Gasteiger partial charge in [0.05, 0.1) is 20.7 Å².